The number of rotatable bonds is 7. The first-order valence-electron chi connectivity index (χ1n) is 11.5. The van der Waals surface area contributed by atoms with Crippen LogP contribution in [0.15, 0.2) is 122 Å². The van der Waals surface area contributed by atoms with Gasteiger partial charge in [-0.15, -0.1) is 0 Å². The Balaban J connectivity index is 1.71. The Kier molecular flexibility index (Phi) is 6.56. The molecule has 5 aromatic rings. The average molecular weight is 494 g/mol. The molecule has 0 unspecified atom stereocenters. The molecular formula is C30H24ClN3O2. The van der Waals surface area contributed by atoms with E-state index in [2.05, 4.69) is 46.7 Å². The number of carbonyl (C=O) groups excluding carboxylic acids is 1. The second-order valence-electron chi connectivity index (χ2n) is 8.28. The lowest BCUT2D eigenvalue weighted by Gasteiger charge is -2.38. The third-order valence-corrected chi connectivity index (χ3v) is 6.51. The van der Waals surface area contributed by atoms with E-state index in [4.69, 9.17) is 16.3 Å². The number of hydrogen-bond acceptors (Lipinski definition) is 4. The van der Waals surface area contributed by atoms with Crippen LogP contribution in [0.3, 0.4) is 0 Å². The fraction of sp³-hybridized carbons (Fsp3) is 0.0667. The van der Waals surface area contributed by atoms with Crippen molar-refractivity contribution < 1.29 is 9.53 Å². The number of benzene rings is 4. The van der Waals surface area contributed by atoms with Gasteiger partial charge in [-0.05, 0) is 22.8 Å². The molecule has 0 atom stereocenters. The van der Waals surface area contributed by atoms with Gasteiger partial charge in [0, 0.05) is 18.5 Å². The van der Waals surface area contributed by atoms with Crippen molar-refractivity contribution in [2.24, 2.45) is 0 Å². The monoisotopic (exact) mass is 493 g/mol. The number of methoxy groups -OCH3 is 1. The summed E-state index contributed by atoms with van der Waals surface area (Å²) in [4.78, 5) is 17.0. The lowest BCUT2D eigenvalue weighted by molar-refractivity contribution is 0.0957. The Morgan fingerprint density at radius 2 is 1.39 bits per heavy atom. The normalized spacial score (nSPS) is 11.2. The molecule has 178 valence electrons. The third-order valence-electron chi connectivity index (χ3n) is 6.20. The van der Waals surface area contributed by atoms with Crippen molar-refractivity contribution in [1.82, 2.24) is 9.55 Å². The van der Waals surface area contributed by atoms with Gasteiger partial charge in [0.05, 0.1) is 23.4 Å². The maximum Gasteiger partial charge on any atom is 0.266 e. The van der Waals surface area contributed by atoms with Crippen molar-refractivity contribution in [2.45, 2.75) is 5.54 Å². The first-order valence-corrected chi connectivity index (χ1v) is 11.9. The molecule has 0 spiro atoms. The van der Waals surface area contributed by atoms with E-state index in [0.717, 1.165) is 16.7 Å². The van der Waals surface area contributed by atoms with Gasteiger partial charge in [0.2, 0.25) is 0 Å². The summed E-state index contributed by atoms with van der Waals surface area (Å²) in [5.74, 6) is 0.127. The first kappa shape index (κ1) is 23.4. The molecule has 0 aliphatic rings. The molecule has 0 bridgehead atoms. The zero-order valence-corrected chi connectivity index (χ0v) is 20.4. The lowest BCUT2D eigenvalue weighted by Crippen LogP contribution is -2.38. The number of anilines is 1. The number of nitrogens with zero attached hydrogens (tertiary/aromatic N) is 2. The van der Waals surface area contributed by atoms with Gasteiger partial charge >= 0.3 is 0 Å². The molecule has 5 nitrogen and oxygen atoms in total. The van der Waals surface area contributed by atoms with E-state index >= 15 is 0 Å². The number of hydrogen-bond donors (Lipinski definition) is 1. The van der Waals surface area contributed by atoms with Crippen molar-refractivity contribution in [3.8, 4) is 5.75 Å². The van der Waals surface area contributed by atoms with E-state index in [9.17, 15) is 4.79 Å². The lowest BCUT2D eigenvalue weighted by atomic mass is 9.76. The number of nitrogens with one attached hydrogen (secondary N) is 1. The zero-order chi connectivity index (χ0) is 25.0. The van der Waals surface area contributed by atoms with Crippen LogP contribution in [0.25, 0.3) is 0 Å². The Bertz CT molecular complexity index is 1360. The van der Waals surface area contributed by atoms with Gasteiger partial charge in [0.25, 0.3) is 5.91 Å². The summed E-state index contributed by atoms with van der Waals surface area (Å²) in [6.45, 7) is 0. The van der Waals surface area contributed by atoms with Crippen molar-refractivity contribution in [3.05, 3.63) is 149 Å². The number of ether oxygens (including phenoxy) is 1. The van der Waals surface area contributed by atoms with Crippen LogP contribution in [0.2, 0.25) is 5.02 Å². The first-order chi connectivity index (χ1) is 17.6. The molecule has 0 amide bonds. The van der Waals surface area contributed by atoms with E-state index in [1.807, 2.05) is 54.6 Å². The van der Waals surface area contributed by atoms with E-state index < -0.39 is 5.54 Å². The Hall–Kier alpha value is -4.35. The molecular weight excluding hydrogens is 470 g/mol. The van der Waals surface area contributed by atoms with Crippen LogP contribution in [0.1, 0.15) is 27.0 Å². The van der Waals surface area contributed by atoms with Gasteiger partial charge in [-0.25, -0.2) is 4.98 Å². The zero-order valence-electron chi connectivity index (χ0n) is 19.6. The Morgan fingerprint density at radius 1 is 0.861 bits per heavy atom. The smallest absolute Gasteiger partial charge is 0.266 e. The Labute approximate surface area is 215 Å². The van der Waals surface area contributed by atoms with Crippen LogP contribution in [0.5, 0.6) is 5.75 Å². The molecule has 0 aliphatic heterocycles. The molecule has 1 aromatic heterocycles. The summed E-state index contributed by atoms with van der Waals surface area (Å²) < 4.78 is 7.03. The highest BCUT2D eigenvalue weighted by atomic mass is 35.5. The van der Waals surface area contributed by atoms with Gasteiger partial charge in [0.15, 0.2) is 0 Å². The molecule has 0 aliphatic carbocycles. The molecule has 1 N–H and O–H groups in total. The van der Waals surface area contributed by atoms with E-state index in [0.29, 0.717) is 22.0 Å². The predicted molar refractivity (Wildman–Crippen MR) is 143 cm³/mol. The maximum atomic E-state index is 13.1. The number of halogens is 1. The van der Waals surface area contributed by atoms with Crippen molar-refractivity contribution in [2.75, 3.05) is 12.4 Å². The maximum absolute atomic E-state index is 13.1. The standard InChI is InChI=1S/C30H24ClN3O2/c1-36-28-20-27(26(31)19-25(28)29(35)34-18-17-32-21-34)33-30(22-11-5-2-6-12-22,23-13-7-3-8-14-23)24-15-9-4-10-16-24/h2-21,33H,1H3. The molecule has 0 fully saturated rings. The minimum atomic E-state index is -0.770. The van der Waals surface area contributed by atoms with Gasteiger partial charge < -0.3 is 10.1 Å². The third kappa shape index (κ3) is 4.25. The van der Waals surface area contributed by atoms with Crippen molar-refractivity contribution in [1.29, 1.82) is 0 Å². The molecule has 36 heavy (non-hydrogen) atoms. The molecule has 0 saturated heterocycles. The summed E-state index contributed by atoms with van der Waals surface area (Å²) in [5.41, 5.74) is 3.32. The summed E-state index contributed by atoms with van der Waals surface area (Å²) >= 11 is 6.84. The minimum Gasteiger partial charge on any atom is -0.496 e. The molecule has 0 radical (unpaired) electrons. The van der Waals surface area contributed by atoms with Crippen LogP contribution in [0, 0.1) is 0 Å². The quantitative estimate of drug-likeness (QED) is 0.258. The van der Waals surface area contributed by atoms with Crippen LogP contribution >= 0.6 is 11.6 Å². The SMILES string of the molecule is COc1cc(NC(c2ccccc2)(c2ccccc2)c2ccccc2)c(Cl)cc1C(=O)n1ccnc1. The second-order valence-corrected chi connectivity index (χ2v) is 8.69. The predicted octanol–water partition coefficient (Wildman–Crippen LogP) is 6.64. The summed E-state index contributed by atoms with van der Waals surface area (Å²) in [6, 6.07) is 34.1. The summed E-state index contributed by atoms with van der Waals surface area (Å²) in [6.07, 6.45) is 4.59. The fourth-order valence-corrected chi connectivity index (χ4v) is 4.70. The highest BCUT2D eigenvalue weighted by Crippen LogP contribution is 2.43. The molecule has 0 saturated carbocycles. The van der Waals surface area contributed by atoms with Gasteiger partial charge in [-0.2, -0.15) is 0 Å². The van der Waals surface area contributed by atoms with Crippen LogP contribution in [-0.2, 0) is 5.54 Å². The number of aromatic nitrogens is 2. The number of imidazole rings is 1. The highest BCUT2D eigenvalue weighted by Gasteiger charge is 2.37. The van der Waals surface area contributed by atoms with Gasteiger partial charge in [-0.3, -0.25) is 9.36 Å². The summed E-state index contributed by atoms with van der Waals surface area (Å²) in [5, 5.41) is 4.14. The largest absolute Gasteiger partial charge is 0.496 e. The molecule has 4 aromatic carbocycles. The topological polar surface area (TPSA) is 56.1 Å². The van der Waals surface area contributed by atoms with Crippen LogP contribution < -0.4 is 10.1 Å². The van der Waals surface area contributed by atoms with Crippen LogP contribution in [0.4, 0.5) is 5.69 Å². The Morgan fingerprint density at radius 3 is 1.83 bits per heavy atom. The average Bonchev–Trinajstić information content (AvgIpc) is 3.49. The van der Waals surface area contributed by atoms with E-state index in [-0.39, 0.29) is 5.91 Å². The van der Waals surface area contributed by atoms with E-state index in [1.165, 1.54) is 18.0 Å². The summed E-state index contributed by atoms with van der Waals surface area (Å²) in [7, 11) is 1.54. The highest BCUT2D eigenvalue weighted by molar-refractivity contribution is 6.33. The van der Waals surface area contributed by atoms with Crippen molar-refractivity contribution in [3.63, 3.8) is 0 Å². The van der Waals surface area contributed by atoms with E-state index in [1.54, 1.807) is 24.5 Å². The number of carbonyl (C=O) groups is 1. The second kappa shape index (κ2) is 10.1. The van der Waals surface area contributed by atoms with Gasteiger partial charge in [0.1, 0.15) is 17.6 Å². The van der Waals surface area contributed by atoms with Gasteiger partial charge in [-0.1, -0.05) is 103 Å². The molecule has 6 heteroatoms. The van der Waals surface area contributed by atoms with Crippen LogP contribution in [-0.4, -0.2) is 22.6 Å². The van der Waals surface area contributed by atoms with Crippen molar-refractivity contribution >= 4 is 23.2 Å². The molecule has 5 rings (SSSR count). The minimum absolute atomic E-state index is 0.279. The fourth-order valence-electron chi connectivity index (χ4n) is 4.49. The molecule has 1 heterocycles.